The standard InChI is InChI=1S/C36H36N2O6/c39-33(31(23-27-13-5-1-6-14-27)37-35(41)43-25-29-17-9-3-10-18-29)21-22-34(40)32(24-28-15-7-2-8-16-28)38-36(42)44-26-30-19-11-4-12-20-30/h1-20,31-32H,21-26H2,(H,37,41)(H,38,42)/t31-,32-/m0/s1. The second kappa shape index (κ2) is 17.0. The first-order valence-corrected chi connectivity index (χ1v) is 14.5. The lowest BCUT2D eigenvalue weighted by Crippen LogP contribution is -2.44. The number of alkyl carbamates (subject to hydrolysis) is 2. The molecular formula is C36H36N2O6. The first-order chi connectivity index (χ1) is 21.5. The number of hydrogen-bond acceptors (Lipinski definition) is 6. The van der Waals surface area contributed by atoms with Crippen molar-refractivity contribution in [1.82, 2.24) is 10.6 Å². The monoisotopic (exact) mass is 592 g/mol. The van der Waals surface area contributed by atoms with Crippen molar-refractivity contribution in [2.24, 2.45) is 0 Å². The lowest BCUT2D eigenvalue weighted by atomic mass is 9.95. The average molecular weight is 593 g/mol. The molecule has 4 aromatic carbocycles. The van der Waals surface area contributed by atoms with Crippen LogP contribution < -0.4 is 10.6 Å². The summed E-state index contributed by atoms with van der Waals surface area (Å²) in [4.78, 5) is 52.1. The summed E-state index contributed by atoms with van der Waals surface area (Å²) in [7, 11) is 0. The van der Waals surface area contributed by atoms with E-state index in [1.807, 2.05) is 121 Å². The van der Waals surface area contributed by atoms with Crippen LogP contribution in [-0.4, -0.2) is 35.8 Å². The van der Waals surface area contributed by atoms with E-state index in [1.165, 1.54) is 0 Å². The van der Waals surface area contributed by atoms with Crippen molar-refractivity contribution in [2.45, 2.75) is 51.0 Å². The Morgan fingerprint density at radius 3 is 1.07 bits per heavy atom. The van der Waals surface area contributed by atoms with Crippen LogP contribution in [0.2, 0.25) is 0 Å². The van der Waals surface area contributed by atoms with Gasteiger partial charge in [-0.3, -0.25) is 9.59 Å². The molecule has 4 aromatic rings. The van der Waals surface area contributed by atoms with E-state index in [0.717, 1.165) is 22.3 Å². The summed E-state index contributed by atoms with van der Waals surface area (Å²) < 4.78 is 10.7. The molecule has 0 saturated carbocycles. The smallest absolute Gasteiger partial charge is 0.408 e. The number of rotatable bonds is 15. The second-order valence-corrected chi connectivity index (χ2v) is 10.3. The topological polar surface area (TPSA) is 111 Å². The van der Waals surface area contributed by atoms with E-state index < -0.39 is 24.3 Å². The van der Waals surface area contributed by atoms with Gasteiger partial charge in [0.05, 0.1) is 12.1 Å². The summed E-state index contributed by atoms with van der Waals surface area (Å²) in [5.41, 5.74) is 3.34. The van der Waals surface area contributed by atoms with Gasteiger partial charge in [-0.1, -0.05) is 121 Å². The van der Waals surface area contributed by atoms with Crippen LogP contribution in [0.25, 0.3) is 0 Å². The number of Topliss-reactive ketones (excluding diaryl/α,β-unsaturated/α-hetero) is 2. The van der Waals surface area contributed by atoms with Gasteiger partial charge in [-0.05, 0) is 35.1 Å². The van der Waals surface area contributed by atoms with E-state index in [0.29, 0.717) is 0 Å². The summed E-state index contributed by atoms with van der Waals surface area (Å²) in [5, 5.41) is 5.36. The van der Waals surface area contributed by atoms with Gasteiger partial charge in [0.25, 0.3) is 0 Å². The van der Waals surface area contributed by atoms with Crippen LogP contribution in [0.5, 0.6) is 0 Å². The number of hydrogen-bond donors (Lipinski definition) is 2. The number of ether oxygens (including phenoxy) is 2. The number of benzene rings is 4. The van der Waals surface area contributed by atoms with E-state index in [2.05, 4.69) is 10.6 Å². The third kappa shape index (κ3) is 10.9. The van der Waals surface area contributed by atoms with Crippen LogP contribution in [0.4, 0.5) is 9.59 Å². The molecule has 0 aliphatic heterocycles. The maximum absolute atomic E-state index is 13.4. The molecule has 0 aliphatic carbocycles. The molecule has 0 aromatic heterocycles. The van der Waals surface area contributed by atoms with E-state index >= 15 is 0 Å². The Hall–Kier alpha value is -5.24. The Kier molecular flexibility index (Phi) is 12.3. The zero-order valence-electron chi connectivity index (χ0n) is 24.4. The zero-order valence-corrected chi connectivity index (χ0v) is 24.4. The SMILES string of the molecule is O=C(N[C@@H](Cc1ccccc1)C(=O)CCC(=O)[C@H](Cc1ccccc1)NC(=O)OCc1ccccc1)OCc1ccccc1. The molecule has 8 nitrogen and oxygen atoms in total. The molecule has 0 bridgehead atoms. The Balaban J connectivity index is 1.38. The van der Waals surface area contributed by atoms with Gasteiger partial charge in [-0.2, -0.15) is 0 Å². The number of amides is 2. The zero-order chi connectivity index (χ0) is 31.0. The van der Waals surface area contributed by atoms with Gasteiger partial charge in [0, 0.05) is 12.8 Å². The Bertz CT molecular complexity index is 1370. The van der Waals surface area contributed by atoms with Gasteiger partial charge in [0.2, 0.25) is 0 Å². The Morgan fingerprint density at radius 1 is 0.455 bits per heavy atom. The quantitative estimate of drug-likeness (QED) is 0.176. The predicted octanol–water partition coefficient (Wildman–Crippen LogP) is 5.98. The van der Waals surface area contributed by atoms with Crippen molar-refractivity contribution in [1.29, 1.82) is 0 Å². The predicted molar refractivity (Wildman–Crippen MR) is 167 cm³/mol. The lowest BCUT2D eigenvalue weighted by Gasteiger charge is -2.20. The van der Waals surface area contributed by atoms with Gasteiger partial charge >= 0.3 is 12.2 Å². The molecule has 0 aliphatic rings. The molecule has 0 heterocycles. The highest BCUT2D eigenvalue weighted by Gasteiger charge is 2.26. The van der Waals surface area contributed by atoms with Crippen molar-refractivity contribution >= 4 is 23.8 Å². The fraction of sp³-hybridized carbons (Fsp3) is 0.222. The molecule has 8 heteroatoms. The molecule has 2 atom stereocenters. The molecular weight excluding hydrogens is 556 g/mol. The molecule has 44 heavy (non-hydrogen) atoms. The minimum Gasteiger partial charge on any atom is -0.445 e. The molecule has 2 N–H and O–H groups in total. The molecule has 0 unspecified atom stereocenters. The van der Waals surface area contributed by atoms with Crippen LogP contribution in [0, 0.1) is 0 Å². The highest BCUT2D eigenvalue weighted by molar-refractivity contribution is 5.93. The average Bonchev–Trinajstić information content (AvgIpc) is 3.06. The summed E-state index contributed by atoms with van der Waals surface area (Å²) in [6.45, 7) is 0.120. The van der Waals surface area contributed by atoms with Crippen LogP contribution in [0.15, 0.2) is 121 Å². The Labute approximate surface area is 257 Å². The third-order valence-corrected chi connectivity index (χ3v) is 6.97. The van der Waals surface area contributed by atoms with Crippen LogP contribution in [0.1, 0.15) is 35.1 Å². The first kappa shape index (κ1) is 31.7. The van der Waals surface area contributed by atoms with Crippen molar-refractivity contribution < 1.29 is 28.7 Å². The highest BCUT2D eigenvalue weighted by atomic mass is 16.6. The van der Waals surface area contributed by atoms with Gasteiger partial charge in [0.1, 0.15) is 13.2 Å². The van der Waals surface area contributed by atoms with E-state index in [9.17, 15) is 19.2 Å². The normalized spacial score (nSPS) is 11.9. The highest BCUT2D eigenvalue weighted by Crippen LogP contribution is 2.12. The summed E-state index contributed by atoms with van der Waals surface area (Å²) in [6, 6.07) is 35.3. The number of ketones is 2. The van der Waals surface area contributed by atoms with Gasteiger partial charge in [0.15, 0.2) is 11.6 Å². The van der Waals surface area contributed by atoms with Crippen molar-refractivity contribution in [3.8, 4) is 0 Å². The van der Waals surface area contributed by atoms with Crippen molar-refractivity contribution in [3.63, 3.8) is 0 Å². The molecule has 226 valence electrons. The van der Waals surface area contributed by atoms with E-state index in [-0.39, 0.29) is 50.5 Å². The maximum Gasteiger partial charge on any atom is 0.408 e. The van der Waals surface area contributed by atoms with Crippen LogP contribution in [-0.2, 0) is 45.1 Å². The van der Waals surface area contributed by atoms with E-state index in [4.69, 9.17) is 9.47 Å². The van der Waals surface area contributed by atoms with Crippen LogP contribution >= 0.6 is 0 Å². The summed E-state index contributed by atoms with van der Waals surface area (Å²) in [5.74, 6) is -0.632. The largest absolute Gasteiger partial charge is 0.445 e. The fourth-order valence-corrected chi connectivity index (χ4v) is 4.60. The second-order valence-electron chi connectivity index (χ2n) is 10.3. The fourth-order valence-electron chi connectivity index (χ4n) is 4.60. The third-order valence-electron chi connectivity index (χ3n) is 6.97. The molecule has 4 rings (SSSR count). The lowest BCUT2D eigenvalue weighted by molar-refractivity contribution is -0.126. The maximum atomic E-state index is 13.4. The van der Waals surface area contributed by atoms with Gasteiger partial charge in [-0.15, -0.1) is 0 Å². The van der Waals surface area contributed by atoms with Gasteiger partial charge < -0.3 is 20.1 Å². The molecule has 0 radical (unpaired) electrons. The molecule has 0 fully saturated rings. The number of carbonyl (C=O) groups is 4. The van der Waals surface area contributed by atoms with Crippen molar-refractivity contribution in [3.05, 3.63) is 144 Å². The molecule has 2 amide bonds. The number of nitrogens with one attached hydrogen (secondary N) is 2. The number of carbonyl (C=O) groups excluding carboxylic acids is 4. The van der Waals surface area contributed by atoms with Crippen LogP contribution in [0.3, 0.4) is 0 Å². The molecule has 0 saturated heterocycles. The van der Waals surface area contributed by atoms with Crippen molar-refractivity contribution in [2.75, 3.05) is 0 Å². The van der Waals surface area contributed by atoms with Gasteiger partial charge in [-0.25, -0.2) is 9.59 Å². The Morgan fingerprint density at radius 2 is 0.750 bits per heavy atom. The molecule has 0 spiro atoms. The van der Waals surface area contributed by atoms with E-state index in [1.54, 1.807) is 0 Å². The first-order valence-electron chi connectivity index (χ1n) is 14.5. The minimum atomic E-state index is -0.898. The minimum absolute atomic E-state index is 0.0601. The summed E-state index contributed by atoms with van der Waals surface area (Å²) in [6.07, 6.45) is -1.21. The summed E-state index contributed by atoms with van der Waals surface area (Å²) >= 11 is 0.